The van der Waals surface area contributed by atoms with Gasteiger partial charge in [-0.15, -0.1) is 0 Å². The van der Waals surface area contributed by atoms with Crippen molar-refractivity contribution in [2.75, 3.05) is 54.6 Å². The van der Waals surface area contributed by atoms with E-state index in [0.29, 0.717) is 34.9 Å². The number of rotatable bonds is 13. The van der Waals surface area contributed by atoms with Crippen LogP contribution in [0.1, 0.15) is 66.6 Å². The van der Waals surface area contributed by atoms with Gasteiger partial charge in [-0.25, -0.2) is 0 Å². The van der Waals surface area contributed by atoms with Gasteiger partial charge in [0.2, 0.25) is 5.91 Å². The average Bonchev–Trinajstić information content (AvgIpc) is 2.92. The molecule has 0 unspecified atom stereocenters. The number of hydrogen-bond donors (Lipinski definition) is 1. The number of methoxy groups -OCH3 is 3. The summed E-state index contributed by atoms with van der Waals surface area (Å²) in [6.07, 6.45) is 3.08. The lowest BCUT2D eigenvalue weighted by Crippen LogP contribution is -2.46. The first kappa shape index (κ1) is 28.3. The van der Waals surface area contributed by atoms with Gasteiger partial charge >= 0.3 is 0 Å². The molecule has 1 aliphatic rings. The number of nitrogens with zero attached hydrogens (tertiary/aromatic N) is 2. The number of nitrogens with one attached hydrogen (secondary N) is 1. The number of fused-ring (bicyclic) bond motifs is 1. The summed E-state index contributed by atoms with van der Waals surface area (Å²) in [6.45, 7) is 8.00. The van der Waals surface area contributed by atoms with E-state index in [2.05, 4.69) is 24.1 Å². The van der Waals surface area contributed by atoms with Crippen LogP contribution in [0.2, 0.25) is 0 Å². The second-order valence-corrected chi connectivity index (χ2v) is 9.39. The summed E-state index contributed by atoms with van der Waals surface area (Å²) in [7, 11) is 6.44. The molecule has 0 saturated carbocycles. The highest BCUT2D eigenvalue weighted by Crippen LogP contribution is 2.45. The molecule has 0 spiro atoms. The molecule has 0 bridgehead atoms. The van der Waals surface area contributed by atoms with Crippen molar-refractivity contribution in [3.05, 3.63) is 53.1 Å². The van der Waals surface area contributed by atoms with E-state index in [-0.39, 0.29) is 11.8 Å². The zero-order valence-electron chi connectivity index (χ0n) is 23.0. The third-order valence-electron chi connectivity index (χ3n) is 6.94. The van der Waals surface area contributed by atoms with Gasteiger partial charge in [-0.2, -0.15) is 0 Å². The van der Waals surface area contributed by atoms with E-state index in [1.165, 1.54) is 7.11 Å². The highest BCUT2D eigenvalue weighted by Gasteiger charge is 2.43. The standard InChI is InChI=1S/C29H41N3O5/c1-7-15-32(16-8-2)17-9-14-30-28(33)26-22-18-24(36-5)25(37-6)19-23(22)29(34)31(3)27(26)20-10-12-21(35-4)13-11-20/h10-13,18-19,26-27H,7-9,14-17H2,1-6H3,(H,30,33)/t26-,27+/m0/s1. The molecule has 8 heteroatoms. The maximum absolute atomic E-state index is 13.8. The van der Waals surface area contributed by atoms with E-state index in [1.54, 1.807) is 38.3 Å². The lowest BCUT2D eigenvalue weighted by atomic mass is 9.79. The smallest absolute Gasteiger partial charge is 0.254 e. The minimum absolute atomic E-state index is 0.119. The van der Waals surface area contributed by atoms with Gasteiger partial charge in [0.15, 0.2) is 11.5 Å². The molecular weight excluding hydrogens is 470 g/mol. The lowest BCUT2D eigenvalue weighted by Gasteiger charge is -2.40. The molecule has 0 fully saturated rings. The molecule has 0 aliphatic carbocycles. The van der Waals surface area contributed by atoms with Crippen LogP contribution < -0.4 is 19.5 Å². The monoisotopic (exact) mass is 511 g/mol. The molecule has 0 radical (unpaired) electrons. The van der Waals surface area contributed by atoms with Crippen molar-refractivity contribution < 1.29 is 23.8 Å². The molecule has 1 aliphatic heterocycles. The predicted octanol–water partition coefficient (Wildman–Crippen LogP) is 4.25. The molecule has 2 aromatic rings. The Morgan fingerprint density at radius 1 is 0.946 bits per heavy atom. The van der Waals surface area contributed by atoms with Crippen LogP contribution in [0, 0.1) is 0 Å². The quantitative estimate of drug-likeness (QED) is 0.405. The first-order chi connectivity index (χ1) is 17.9. The van der Waals surface area contributed by atoms with Gasteiger partial charge in [-0.05, 0) is 74.3 Å². The maximum Gasteiger partial charge on any atom is 0.254 e. The van der Waals surface area contributed by atoms with Crippen LogP contribution in [0.5, 0.6) is 17.2 Å². The zero-order valence-corrected chi connectivity index (χ0v) is 23.0. The number of amides is 2. The minimum atomic E-state index is -0.617. The Balaban J connectivity index is 1.94. The molecular formula is C29H41N3O5. The van der Waals surface area contributed by atoms with Gasteiger partial charge in [0, 0.05) is 19.2 Å². The predicted molar refractivity (Wildman–Crippen MR) is 145 cm³/mol. The summed E-state index contributed by atoms with van der Waals surface area (Å²) < 4.78 is 16.3. The maximum atomic E-state index is 13.8. The Kier molecular flexibility index (Phi) is 10.2. The van der Waals surface area contributed by atoms with Crippen molar-refractivity contribution in [2.24, 2.45) is 0 Å². The first-order valence-corrected chi connectivity index (χ1v) is 13.1. The molecule has 8 nitrogen and oxygen atoms in total. The van der Waals surface area contributed by atoms with Crippen LogP contribution in [-0.4, -0.2) is 76.2 Å². The van der Waals surface area contributed by atoms with Crippen molar-refractivity contribution in [1.29, 1.82) is 0 Å². The molecule has 0 aromatic heterocycles. The summed E-state index contributed by atoms with van der Waals surface area (Å²) >= 11 is 0. The second kappa shape index (κ2) is 13.3. The Labute approximate surface area is 220 Å². The van der Waals surface area contributed by atoms with Crippen LogP contribution in [-0.2, 0) is 4.79 Å². The molecule has 202 valence electrons. The largest absolute Gasteiger partial charge is 0.497 e. The Bertz CT molecular complexity index is 1050. The van der Waals surface area contributed by atoms with Crippen molar-refractivity contribution >= 4 is 11.8 Å². The van der Waals surface area contributed by atoms with E-state index < -0.39 is 12.0 Å². The number of carbonyl (C=O) groups is 2. The molecule has 37 heavy (non-hydrogen) atoms. The van der Waals surface area contributed by atoms with Crippen LogP contribution in [0.15, 0.2) is 36.4 Å². The van der Waals surface area contributed by atoms with Crippen LogP contribution >= 0.6 is 0 Å². The van der Waals surface area contributed by atoms with Crippen LogP contribution in [0.25, 0.3) is 0 Å². The van der Waals surface area contributed by atoms with Gasteiger partial charge < -0.3 is 29.3 Å². The van der Waals surface area contributed by atoms with Crippen molar-refractivity contribution in [3.8, 4) is 17.2 Å². The minimum Gasteiger partial charge on any atom is -0.497 e. The molecule has 2 atom stereocenters. The molecule has 2 aromatic carbocycles. The van der Waals surface area contributed by atoms with Crippen molar-refractivity contribution in [3.63, 3.8) is 0 Å². The fourth-order valence-electron chi connectivity index (χ4n) is 5.14. The molecule has 0 saturated heterocycles. The summed E-state index contributed by atoms with van der Waals surface area (Å²) in [5.41, 5.74) is 1.94. The van der Waals surface area contributed by atoms with E-state index in [9.17, 15) is 9.59 Å². The summed E-state index contributed by atoms with van der Waals surface area (Å²) in [4.78, 5) is 31.4. The lowest BCUT2D eigenvalue weighted by molar-refractivity contribution is -0.124. The number of hydrogen-bond acceptors (Lipinski definition) is 6. The third-order valence-corrected chi connectivity index (χ3v) is 6.94. The van der Waals surface area contributed by atoms with E-state index in [0.717, 1.165) is 44.5 Å². The average molecular weight is 512 g/mol. The molecule has 2 amide bonds. The first-order valence-electron chi connectivity index (χ1n) is 13.1. The van der Waals surface area contributed by atoms with Crippen LogP contribution in [0.4, 0.5) is 0 Å². The van der Waals surface area contributed by atoms with Crippen molar-refractivity contribution in [1.82, 2.24) is 15.1 Å². The summed E-state index contributed by atoms with van der Waals surface area (Å²) in [5, 5.41) is 3.16. The number of likely N-dealkylation sites (N-methyl/N-ethyl adjacent to an activating group) is 1. The normalized spacial score (nSPS) is 16.9. The number of benzene rings is 2. The highest BCUT2D eigenvalue weighted by molar-refractivity contribution is 6.02. The van der Waals surface area contributed by atoms with Gasteiger partial charge in [-0.3, -0.25) is 9.59 Å². The van der Waals surface area contributed by atoms with Gasteiger partial charge in [0.1, 0.15) is 5.75 Å². The SMILES string of the molecule is CCCN(CCC)CCCNC(=O)[C@H]1c2cc(OC)c(OC)cc2C(=O)N(C)[C@@H]1c1ccc(OC)cc1. The fraction of sp³-hybridized carbons (Fsp3) is 0.517. The second-order valence-electron chi connectivity index (χ2n) is 9.39. The third kappa shape index (κ3) is 6.36. The molecule has 3 rings (SSSR count). The van der Waals surface area contributed by atoms with E-state index >= 15 is 0 Å². The van der Waals surface area contributed by atoms with E-state index in [4.69, 9.17) is 14.2 Å². The molecule has 1 heterocycles. The van der Waals surface area contributed by atoms with Gasteiger partial charge in [-0.1, -0.05) is 26.0 Å². The number of carbonyl (C=O) groups excluding carboxylic acids is 2. The number of ether oxygens (including phenoxy) is 3. The topological polar surface area (TPSA) is 80.3 Å². The Hall–Kier alpha value is -3.26. The van der Waals surface area contributed by atoms with Crippen molar-refractivity contribution in [2.45, 2.75) is 45.1 Å². The zero-order chi connectivity index (χ0) is 26.9. The fourth-order valence-corrected chi connectivity index (χ4v) is 5.14. The molecule has 1 N–H and O–H groups in total. The van der Waals surface area contributed by atoms with Gasteiger partial charge in [0.05, 0.1) is 33.3 Å². The summed E-state index contributed by atoms with van der Waals surface area (Å²) in [6, 6.07) is 10.5. The Morgan fingerprint density at radius 2 is 1.57 bits per heavy atom. The highest BCUT2D eigenvalue weighted by atomic mass is 16.5. The van der Waals surface area contributed by atoms with E-state index in [1.807, 2.05) is 24.3 Å². The van der Waals surface area contributed by atoms with Crippen LogP contribution in [0.3, 0.4) is 0 Å². The van der Waals surface area contributed by atoms with Gasteiger partial charge in [0.25, 0.3) is 5.91 Å². The summed E-state index contributed by atoms with van der Waals surface area (Å²) in [5.74, 6) is 0.747. The Morgan fingerprint density at radius 3 is 2.14 bits per heavy atom.